The number of nitrogens with zero attached hydrogens (tertiary/aromatic N) is 2. The van der Waals surface area contributed by atoms with E-state index >= 15 is 0 Å². The SMILES string of the molecule is CCc1cc(OCC(=O)Nc2nn(C)c3c2CCNC3)ccc1Cl. The highest BCUT2D eigenvalue weighted by Gasteiger charge is 2.20. The van der Waals surface area contributed by atoms with E-state index in [0.717, 1.165) is 42.8 Å². The smallest absolute Gasteiger partial charge is 0.263 e. The summed E-state index contributed by atoms with van der Waals surface area (Å²) in [5.74, 6) is 1.05. The summed E-state index contributed by atoms with van der Waals surface area (Å²) in [4.78, 5) is 12.2. The maximum Gasteiger partial charge on any atom is 0.263 e. The number of benzene rings is 1. The van der Waals surface area contributed by atoms with E-state index < -0.39 is 0 Å². The summed E-state index contributed by atoms with van der Waals surface area (Å²) in [5.41, 5.74) is 3.22. The van der Waals surface area contributed by atoms with Gasteiger partial charge in [-0.25, -0.2) is 0 Å². The standard InChI is InChI=1S/C17H21ClN4O2/c1-3-11-8-12(4-5-14(11)18)24-10-16(23)20-17-13-6-7-19-9-15(13)22(2)21-17/h4-5,8,19H,3,6-7,9-10H2,1-2H3,(H,20,21,23). The summed E-state index contributed by atoms with van der Waals surface area (Å²) >= 11 is 6.09. The molecule has 1 aromatic heterocycles. The number of anilines is 1. The number of amides is 1. The lowest BCUT2D eigenvalue weighted by molar-refractivity contribution is -0.118. The van der Waals surface area contributed by atoms with Crippen molar-refractivity contribution in [2.75, 3.05) is 18.5 Å². The van der Waals surface area contributed by atoms with Crippen molar-refractivity contribution in [1.82, 2.24) is 15.1 Å². The molecule has 0 aliphatic carbocycles. The van der Waals surface area contributed by atoms with Crippen LogP contribution in [0.3, 0.4) is 0 Å². The number of ether oxygens (including phenoxy) is 1. The third-order valence-electron chi connectivity index (χ3n) is 4.14. The quantitative estimate of drug-likeness (QED) is 0.870. The third-order valence-corrected chi connectivity index (χ3v) is 4.51. The Labute approximate surface area is 146 Å². The van der Waals surface area contributed by atoms with E-state index in [9.17, 15) is 4.79 Å². The number of halogens is 1. The van der Waals surface area contributed by atoms with Gasteiger partial charge in [0.15, 0.2) is 12.4 Å². The van der Waals surface area contributed by atoms with Gasteiger partial charge in [-0.3, -0.25) is 9.48 Å². The van der Waals surface area contributed by atoms with Gasteiger partial charge in [0.05, 0.1) is 5.69 Å². The molecule has 0 atom stereocenters. The zero-order valence-electron chi connectivity index (χ0n) is 13.9. The van der Waals surface area contributed by atoms with Crippen molar-refractivity contribution in [3.63, 3.8) is 0 Å². The summed E-state index contributed by atoms with van der Waals surface area (Å²) in [6.07, 6.45) is 1.67. The molecule has 1 aromatic carbocycles. The molecule has 2 N–H and O–H groups in total. The van der Waals surface area contributed by atoms with Crippen LogP contribution < -0.4 is 15.4 Å². The van der Waals surface area contributed by atoms with Crippen molar-refractivity contribution in [3.05, 3.63) is 40.0 Å². The third kappa shape index (κ3) is 3.55. The molecule has 2 aromatic rings. The van der Waals surface area contributed by atoms with E-state index in [-0.39, 0.29) is 12.5 Å². The minimum absolute atomic E-state index is 0.0611. The molecule has 0 spiro atoms. The summed E-state index contributed by atoms with van der Waals surface area (Å²) < 4.78 is 7.38. The van der Waals surface area contributed by atoms with Crippen LogP contribution >= 0.6 is 11.6 Å². The second-order valence-electron chi connectivity index (χ2n) is 5.77. The van der Waals surface area contributed by atoms with Crippen molar-refractivity contribution >= 4 is 23.3 Å². The number of carbonyl (C=O) groups is 1. The monoisotopic (exact) mass is 348 g/mol. The minimum Gasteiger partial charge on any atom is -0.484 e. The maximum atomic E-state index is 12.2. The van der Waals surface area contributed by atoms with Gasteiger partial charge in [0.2, 0.25) is 0 Å². The number of aromatic nitrogens is 2. The average molecular weight is 349 g/mol. The number of hydrogen-bond acceptors (Lipinski definition) is 4. The molecule has 2 heterocycles. The molecule has 6 nitrogen and oxygen atoms in total. The van der Waals surface area contributed by atoms with Crippen LogP contribution in [0.15, 0.2) is 18.2 Å². The van der Waals surface area contributed by atoms with E-state index in [1.54, 1.807) is 12.1 Å². The molecule has 1 aliphatic heterocycles. The van der Waals surface area contributed by atoms with Crippen LogP contribution in [0.25, 0.3) is 0 Å². The average Bonchev–Trinajstić information content (AvgIpc) is 2.90. The molecule has 0 unspecified atom stereocenters. The zero-order valence-corrected chi connectivity index (χ0v) is 14.6. The van der Waals surface area contributed by atoms with Crippen LogP contribution in [0.1, 0.15) is 23.7 Å². The van der Waals surface area contributed by atoms with Crippen molar-refractivity contribution in [2.24, 2.45) is 7.05 Å². The second-order valence-corrected chi connectivity index (χ2v) is 6.18. The van der Waals surface area contributed by atoms with E-state index in [0.29, 0.717) is 16.6 Å². The van der Waals surface area contributed by atoms with Crippen molar-refractivity contribution < 1.29 is 9.53 Å². The number of rotatable bonds is 5. The molecular weight excluding hydrogens is 328 g/mol. The summed E-state index contributed by atoms with van der Waals surface area (Å²) in [6.45, 7) is 3.63. The molecule has 24 heavy (non-hydrogen) atoms. The number of aryl methyl sites for hydroxylation is 2. The number of nitrogens with one attached hydrogen (secondary N) is 2. The highest BCUT2D eigenvalue weighted by molar-refractivity contribution is 6.31. The predicted octanol–water partition coefficient (Wildman–Crippen LogP) is 2.30. The van der Waals surface area contributed by atoms with Crippen LogP contribution in [0.5, 0.6) is 5.75 Å². The molecular formula is C17H21ClN4O2. The van der Waals surface area contributed by atoms with Gasteiger partial charge in [-0.05, 0) is 43.1 Å². The fraction of sp³-hybridized carbons (Fsp3) is 0.412. The molecule has 0 radical (unpaired) electrons. The number of hydrogen-bond donors (Lipinski definition) is 2. The molecule has 0 fully saturated rings. The van der Waals surface area contributed by atoms with Crippen LogP contribution in [0.4, 0.5) is 5.82 Å². The van der Waals surface area contributed by atoms with Crippen LogP contribution in [0.2, 0.25) is 5.02 Å². The summed E-state index contributed by atoms with van der Waals surface area (Å²) in [6, 6.07) is 5.42. The van der Waals surface area contributed by atoms with Crippen molar-refractivity contribution in [2.45, 2.75) is 26.3 Å². The molecule has 1 amide bonds. The maximum absolute atomic E-state index is 12.2. The molecule has 0 saturated carbocycles. The fourth-order valence-electron chi connectivity index (χ4n) is 2.84. The van der Waals surface area contributed by atoms with Crippen molar-refractivity contribution in [1.29, 1.82) is 0 Å². The van der Waals surface area contributed by atoms with Gasteiger partial charge in [0.1, 0.15) is 5.75 Å². The largest absolute Gasteiger partial charge is 0.484 e. The second kappa shape index (κ2) is 7.23. The molecule has 0 bridgehead atoms. The Morgan fingerprint density at radius 1 is 1.50 bits per heavy atom. The Morgan fingerprint density at radius 3 is 3.12 bits per heavy atom. The van der Waals surface area contributed by atoms with Gasteiger partial charge in [0.25, 0.3) is 5.91 Å². The van der Waals surface area contributed by atoms with Crippen LogP contribution in [-0.4, -0.2) is 28.8 Å². The lowest BCUT2D eigenvalue weighted by Gasteiger charge is -2.14. The normalized spacial score (nSPS) is 13.5. The van der Waals surface area contributed by atoms with Crippen LogP contribution in [-0.2, 0) is 31.2 Å². The molecule has 128 valence electrons. The van der Waals surface area contributed by atoms with E-state index in [1.165, 1.54) is 0 Å². The minimum atomic E-state index is -0.220. The summed E-state index contributed by atoms with van der Waals surface area (Å²) in [7, 11) is 1.89. The van der Waals surface area contributed by atoms with E-state index in [2.05, 4.69) is 15.7 Å². The first kappa shape index (κ1) is 16.8. The Morgan fingerprint density at radius 2 is 2.33 bits per heavy atom. The zero-order chi connectivity index (χ0) is 17.1. The van der Waals surface area contributed by atoms with E-state index in [4.69, 9.17) is 16.3 Å². The molecule has 7 heteroatoms. The topological polar surface area (TPSA) is 68.2 Å². The van der Waals surface area contributed by atoms with Crippen LogP contribution in [0, 0.1) is 0 Å². The Balaban J connectivity index is 1.62. The Hall–Kier alpha value is -2.05. The lowest BCUT2D eigenvalue weighted by Crippen LogP contribution is -2.26. The highest BCUT2D eigenvalue weighted by atomic mass is 35.5. The molecule has 1 aliphatic rings. The lowest BCUT2D eigenvalue weighted by atomic mass is 10.1. The predicted molar refractivity (Wildman–Crippen MR) is 93.6 cm³/mol. The fourth-order valence-corrected chi connectivity index (χ4v) is 3.09. The van der Waals surface area contributed by atoms with Gasteiger partial charge >= 0.3 is 0 Å². The van der Waals surface area contributed by atoms with Gasteiger partial charge in [-0.1, -0.05) is 18.5 Å². The van der Waals surface area contributed by atoms with Gasteiger partial charge in [-0.2, -0.15) is 5.10 Å². The number of carbonyl (C=O) groups excluding carboxylic acids is 1. The highest BCUT2D eigenvalue weighted by Crippen LogP contribution is 2.23. The Bertz CT molecular complexity index is 757. The molecule has 0 saturated heterocycles. The van der Waals surface area contributed by atoms with Gasteiger partial charge < -0.3 is 15.4 Å². The van der Waals surface area contributed by atoms with Crippen molar-refractivity contribution in [3.8, 4) is 5.75 Å². The molecule has 3 rings (SSSR count). The Kier molecular flexibility index (Phi) is 5.06. The van der Waals surface area contributed by atoms with Gasteiger partial charge in [0, 0.05) is 24.2 Å². The first-order valence-corrected chi connectivity index (χ1v) is 8.42. The first-order valence-electron chi connectivity index (χ1n) is 8.05. The number of fused-ring (bicyclic) bond motifs is 1. The summed E-state index contributed by atoms with van der Waals surface area (Å²) in [5, 5.41) is 11.3. The first-order chi connectivity index (χ1) is 11.6. The van der Waals surface area contributed by atoms with E-state index in [1.807, 2.05) is 24.7 Å². The van der Waals surface area contributed by atoms with Gasteiger partial charge in [-0.15, -0.1) is 0 Å².